The van der Waals surface area contributed by atoms with E-state index in [1.165, 1.54) is 28.6 Å². The molecule has 5 aromatic rings. The van der Waals surface area contributed by atoms with E-state index in [1.807, 2.05) is 36.4 Å². The molecule has 0 aliphatic carbocycles. The largest absolute Gasteiger partial charge is 0.493 e. The van der Waals surface area contributed by atoms with Crippen LogP contribution in [0.1, 0.15) is 22.3 Å². The molecule has 2 aromatic heterocycles. The van der Waals surface area contributed by atoms with Gasteiger partial charge in [0, 0.05) is 17.5 Å². The monoisotopic (exact) mass is 530 g/mol. The summed E-state index contributed by atoms with van der Waals surface area (Å²) < 4.78 is 44.8. The van der Waals surface area contributed by atoms with Gasteiger partial charge in [-0.25, -0.2) is 8.42 Å². The molecule has 0 fully saturated rings. The van der Waals surface area contributed by atoms with Crippen LogP contribution in [0.2, 0.25) is 0 Å². The maximum atomic E-state index is 13.3. The Morgan fingerprint density at radius 3 is 2.63 bits per heavy atom. The number of carbonyl (C=O) groups is 1. The summed E-state index contributed by atoms with van der Waals surface area (Å²) >= 11 is 0. The number of carbonyl (C=O) groups excluding carboxylic acids is 1. The third-order valence-corrected chi connectivity index (χ3v) is 8.18. The van der Waals surface area contributed by atoms with Gasteiger partial charge in [-0.05, 0) is 60.9 Å². The Labute approximate surface area is 217 Å². The number of nitrogens with zero attached hydrogens (tertiary/aromatic N) is 3. The number of rotatable bonds is 6. The van der Waals surface area contributed by atoms with Crippen LogP contribution in [0.5, 0.6) is 5.75 Å². The van der Waals surface area contributed by atoms with Crippen LogP contribution in [0, 0.1) is 0 Å². The Balaban J connectivity index is 1.18. The number of hydrogen-bond donors (Lipinski definition) is 1. The van der Waals surface area contributed by atoms with Crippen LogP contribution >= 0.6 is 0 Å². The van der Waals surface area contributed by atoms with E-state index in [9.17, 15) is 13.2 Å². The fourth-order valence-corrected chi connectivity index (χ4v) is 6.04. The van der Waals surface area contributed by atoms with Crippen molar-refractivity contribution in [1.82, 2.24) is 10.2 Å². The number of nitrogens with one attached hydrogen (secondary N) is 1. The van der Waals surface area contributed by atoms with Crippen molar-refractivity contribution in [3.63, 3.8) is 0 Å². The molecule has 0 saturated heterocycles. The highest BCUT2D eigenvalue weighted by atomic mass is 32.2. The van der Waals surface area contributed by atoms with Gasteiger partial charge in [0.25, 0.3) is 21.8 Å². The molecule has 1 aliphatic heterocycles. The van der Waals surface area contributed by atoms with E-state index in [1.54, 1.807) is 19.2 Å². The molecule has 11 heteroatoms. The van der Waals surface area contributed by atoms with Gasteiger partial charge in [-0.2, -0.15) is 0 Å². The highest BCUT2D eigenvalue weighted by Crippen LogP contribution is 2.34. The zero-order valence-corrected chi connectivity index (χ0v) is 21.1. The number of para-hydroxylation sites is 2. The van der Waals surface area contributed by atoms with Crippen LogP contribution in [0.15, 0.2) is 86.5 Å². The van der Waals surface area contributed by atoms with Crippen molar-refractivity contribution >= 4 is 38.6 Å². The second-order valence-electron chi connectivity index (χ2n) is 8.69. The average molecular weight is 531 g/mol. The minimum absolute atomic E-state index is 0.0850. The summed E-state index contributed by atoms with van der Waals surface area (Å²) in [7, 11) is -2.23. The molecule has 0 saturated carbocycles. The fourth-order valence-electron chi connectivity index (χ4n) is 4.50. The van der Waals surface area contributed by atoms with Crippen LogP contribution in [-0.4, -0.2) is 38.2 Å². The third kappa shape index (κ3) is 4.16. The number of benzene rings is 3. The summed E-state index contributed by atoms with van der Waals surface area (Å²) in [5, 5.41) is 11.1. The minimum Gasteiger partial charge on any atom is -0.493 e. The molecule has 0 unspecified atom stereocenters. The number of sulfonamides is 1. The molecule has 0 radical (unpaired) electrons. The average Bonchev–Trinajstić information content (AvgIpc) is 3.60. The topological polar surface area (TPSA) is 128 Å². The number of methoxy groups -OCH3 is 1. The summed E-state index contributed by atoms with van der Waals surface area (Å²) in [5.74, 6) is 0.448. The summed E-state index contributed by atoms with van der Waals surface area (Å²) in [6.45, 7) is 0.402. The Hall–Kier alpha value is -4.64. The van der Waals surface area contributed by atoms with Crippen LogP contribution < -0.4 is 14.4 Å². The second-order valence-corrected chi connectivity index (χ2v) is 10.6. The molecule has 1 N–H and O–H groups in total. The van der Waals surface area contributed by atoms with Gasteiger partial charge in [-0.15, -0.1) is 5.10 Å². The van der Waals surface area contributed by atoms with E-state index in [2.05, 4.69) is 15.5 Å². The van der Waals surface area contributed by atoms with Crippen molar-refractivity contribution in [3.05, 3.63) is 83.9 Å². The molecular weight excluding hydrogens is 508 g/mol. The highest BCUT2D eigenvalue weighted by Gasteiger charge is 2.29. The van der Waals surface area contributed by atoms with E-state index in [0.717, 1.165) is 23.8 Å². The summed E-state index contributed by atoms with van der Waals surface area (Å²) in [5.41, 5.74) is 2.46. The van der Waals surface area contributed by atoms with Crippen molar-refractivity contribution in [1.29, 1.82) is 0 Å². The highest BCUT2D eigenvalue weighted by molar-refractivity contribution is 7.92. The molecule has 3 heterocycles. The van der Waals surface area contributed by atoms with Crippen molar-refractivity contribution in [2.45, 2.75) is 17.7 Å². The minimum atomic E-state index is -3.78. The van der Waals surface area contributed by atoms with E-state index in [0.29, 0.717) is 29.3 Å². The van der Waals surface area contributed by atoms with Crippen molar-refractivity contribution in [2.75, 3.05) is 23.3 Å². The predicted molar refractivity (Wildman–Crippen MR) is 140 cm³/mol. The zero-order chi connectivity index (χ0) is 26.3. The molecule has 0 bridgehead atoms. The van der Waals surface area contributed by atoms with Crippen LogP contribution in [0.4, 0.5) is 11.7 Å². The van der Waals surface area contributed by atoms with Gasteiger partial charge in [0.05, 0.1) is 17.7 Å². The number of fused-ring (bicyclic) bond motifs is 2. The summed E-state index contributed by atoms with van der Waals surface area (Å²) in [4.78, 5) is 12.9. The molecule has 6 rings (SSSR count). The van der Waals surface area contributed by atoms with Crippen LogP contribution in [0.25, 0.3) is 22.6 Å². The van der Waals surface area contributed by atoms with Gasteiger partial charge in [-0.3, -0.25) is 14.4 Å². The van der Waals surface area contributed by atoms with E-state index >= 15 is 0 Å². The normalized spacial score (nSPS) is 13.3. The maximum absolute atomic E-state index is 13.3. The van der Waals surface area contributed by atoms with Gasteiger partial charge in [0.15, 0.2) is 17.1 Å². The quantitative estimate of drug-likeness (QED) is 0.329. The van der Waals surface area contributed by atoms with Crippen LogP contribution in [0.3, 0.4) is 0 Å². The predicted octanol–water partition coefficient (Wildman–Crippen LogP) is 4.89. The number of aryl methyl sites for hydroxylation is 1. The lowest BCUT2D eigenvalue weighted by Gasteiger charge is -2.30. The van der Waals surface area contributed by atoms with Crippen molar-refractivity contribution in [3.8, 4) is 17.4 Å². The Morgan fingerprint density at radius 2 is 1.82 bits per heavy atom. The van der Waals surface area contributed by atoms with Crippen molar-refractivity contribution in [2.24, 2.45) is 0 Å². The molecule has 10 nitrogen and oxygen atoms in total. The molecular formula is C27H22N4O6S. The Morgan fingerprint density at radius 1 is 1.00 bits per heavy atom. The first-order chi connectivity index (χ1) is 18.4. The first-order valence-corrected chi connectivity index (χ1v) is 13.3. The number of aromatic nitrogens is 2. The number of furan rings is 1. The molecule has 38 heavy (non-hydrogen) atoms. The van der Waals surface area contributed by atoms with Gasteiger partial charge >= 0.3 is 6.01 Å². The number of amides is 1. The lowest BCUT2D eigenvalue weighted by atomic mass is 10.0. The smallest absolute Gasteiger partial charge is 0.322 e. The summed E-state index contributed by atoms with van der Waals surface area (Å²) in [6, 6.07) is 20.3. The standard InChI is InChI=1S/C27H22N4O6S/c1-35-22-10-4-7-19-16-23(36-24(19)22)26-29-30-27(37-26)28-25(32)18-11-13-20(14-12-18)38(33,34)31-15-5-8-17-6-2-3-9-21(17)31/h2-4,6-7,9-14,16H,5,8,15H2,1H3,(H,28,30,32). The maximum Gasteiger partial charge on any atom is 0.322 e. The van der Waals surface area contributed by atoms with Crippen LogP contribution in [-0.2, 0) is 16.4 Å². The molecule has 0 atom stereocenters. The van der Waals surface area contributed by atoms with E-state index < -0.39 is 15.9 Å². The molecule has 192 valence electrons. The molecule has 3 aromatic carbocycles. The first kappa shape index (κ1) is 23.7. The Bertz CT molecular complexity index is 1760. The first-order valence-electron chi connectivity index (χ1n) is 11.9. The van der Waals surface area contributed by atoms with Gasteiger partial charge in [0.2, 0.25) is 0 Å². The van der Waals surface area contributed by atoms with Gasteiger partial charge in [0.1, 0.15) is 0 Å². The van der Waals surface area contributed by atoms with Crippen molar-refractivity contribution < 1.29 is 26.8 Å². The molecule has 1 aliphatic rings. The lowest BCUT2D eigenvalue weighted by molar-refractivity contribution is 0.102. The number of hydrogen-bond acceptors (Lipinski definition) is 8. The third-order valence-electron chi connectivity index (χ3n) is 6.36. The molecule has 0 spiro atoms. The van der Waals surface area contributed by atoms with Gasteiger partial charge in [-0.1, -0.05) is 35.4 Å². The molecule has 1 amide bonds. The fraction of sp³-hybridized carbons (Fsp3) is 0.148. The summed E-state index contributed by atoms with van der Waals surface area (Å²) in [6.07, 6.45) is 1.58. The number of ether oxygens (including phenoxy) is 1. The number of anilines is 2. The van der Waals surface area contributed by atoms with E-state index in [-0.39, 0.29) is 22.4 Å². The SMILES string of the molecule is COc1cccc2cc(-c3nnc(NC(=O)c4ccc(S(=O)(=O)N5CCCc6ccccc65)cc4)o3)oc12. The lowest BCUT2D eigenvalue weighted by Crippen LogP contribution is -2.35. The zero-order valence-electron chi connectivity index (χ0n) is 20.2. The Kier molecular flexibility index (Phi) is 5.84. The second kappa shape index (κ2) is 9.34. The van der Waals surface area contributed by atoms with E-state index in [4.69, 9.17) is 13.6 Å². The van der Waals surface area contributed by atoms with Gasteiger partial charge < -0.3 is 13.6 Å².